The van der Waals surface area contributed by atoms with Crippen LogP contribution < -0.4 is 5.32 Å². The third-order valence-electron chi connectivity index (χ3n) is 5.15. The number of nitrogens with one attached hydrogen (secondary N) is 1. The maximum Gasteiger partial charge on any atom is 0.193 e. The number of nitrogens with zero attached hydrogens (tertiary/aromatic N) is 6. The number of piperazine rings is 1. The summed E-state index contributed by atoms with van der Waals surface area (Å²) in [5, 5.41) is 12.0. The number of fused-ring (bicyclic) bond motifs is 1. The standard InChI is InChI=1S/C21H27N7/c1-22-21(23-11-10-20-25-24-19-9-5-6-12-28(19)20)27-15-13-26(14-16-27)17-18-7-3-2-4-8-18/h2-9,12H,10-11,13-17H2,1H3,(H,22,23). The number of rotatable bonds is 5. The minimum Gasteiger partial charge on any atom is -0.356 e. The largest absolute Gasteiger partial charge is 0.356 e. The molecule has 1 aliphatic rings. The molecule has 0 aliphatic carbocycles. The fourth-order valence-corrected chi connectivity index (χ4v) is 3.64. The fraction of sp³-hybridized carbons (Fsp3) is 0.381. The first-order chi connectivity index (χ1) is 13.8. The molecule has 0 radical (unpaired) electrons. The van der Waals surface area contributed by atoms with Crippen LogP contribution in [0.15, 0.2) is 59.7 Å². The minimum absolute atomic E-state index is 0.784. The van der Waals surface area contributed by atoms with Crippen LogP contribution in [0.5, 0.6) is 0 Å². The van der Waals surface area contributed by atoms with Crippen LogP contribution in [-0.4, -0.2) is 70.1 Å². The summed E-state index contributed by atoms with van der Waals surface area (Å²) in [5.41, 5.74) is 2.26. The molecule has 1 N–H and O–H groups in total. The van der Waals surface area contributed by atoms with Crippen LogP contribution >= 0.6 is 0 Å². The molecule has 2 aromatic heterocycles. The molecule has 4 rings (SSSR count). The van der Waals surface area contributed by atoms with Crippen molar-refractivity contribution in [2.24, 2.45) is 4.99 Å². The van der Waals surface area contributed by atoms with Crippen LogP contribution in [-0.2, 0) is 13.0 Å². The zero-order valence-electron chi connectivity index (χ0n) is 16.3. The van der Waals surface area contributed by atoms with Crippen molar-refractivity contribution in [2.45, 2.75) is 13.0 Å². The van der Waals surface area contributed by atoms with Crippen molar-refractivity contribution in [1.82, 2.24) is 29.7 Å². The molecule has 3 aromatic rings. The number of guanidine groups is 1. The van der Waals surface area contributed by atoms with E-state index in [1.807, 2.05) is 35.8 Å². The molecule has 0 atom stereocenters. The molecule has 1 aromatic carbocycles. The average molecular weight is 377 g/mol. The summed E-state index contributed by atoms with van der Waals surface area (Å²) in [6.07, 6.45) is 2.81. The highest BCUT2D eigenvalue weighted by Crippen LogP contribution is 2.09. The first-order valence-corrected chi connectivity index (χ1v) is 9.84. The molecular weight excluding hydrogens is 350 g/mol. The summed E-state index contributed by atoms with van der Waals surface area (Å²) in [4.78, 5) is 9.31. The van der Waals surface area contributed by atoms with Crippen LogP contribution in [0, 0.1) is 0 Å². The van der Waals surface area contributed by atoms with Gasteiger partial charge in [-0.25, -0.2) is 0 Å². The van der Waals surface area contributed by atoms with Crippen molar-refractivity contribution in [2.75, 3.05) is 39.8 Å². The van der Waals surface area contributed by atoms with Crippen molar-refractivity contribution >= 4 is 11.6 Å². The Bertz CT molecular complexity index is 911. The van der Waals surface area contributed by atoms with E-state index in [0.29, 0.717) is 0 Å². The average Bonchev–Trinajstić information content (AvgIpc) is 3.16. The van der Waals surface area contributed by atoms with E-state index in [1.165, 1.54) is 5.56 Å². The second-order valence-electron chi connectivity index (χ2n) is 7.02. The van der Waals surface area contributed by atoms with E-state index in [1.54, 1.807) is 0 Å². The van der Waals surface area contributed by atoms with Gasteiger partial charge in [0.2, 0.25) is 0 Å². The Morgan fingerprint density at radius 2 is 1.79 bits per heavy atom. The number of aliphatic imine (C=N–C) groups is 1. The van der Waals surface area contributed by atoms with Gasteiger partial charge < -0.3 is 10.2 Å². The monoisotopic (exact) mass is 377 g/mol. The predicted molar refractivity (Wildman–Crippen MR) is 111 cm³/mol. The van der Waals surface area contributed by atoms with E-state index in [0.717, 1.165) is 63.1 Å². The van der Waals surface area contributed by atoms with Crippen molar-refractivity contribution in [3.63, 3.8) is 0 Å². The minimum atomic E-state index is 0.784. The van der Waals surface area contributed by atoms with Crippen LogP contribution in [0.25, 0.3) is 5.65 Å². The lowest BCUT2D eigenvalue weighted by atomic mass is 10.2. The summed E-state index contributed by atoms with van der Waals surface area (Å²) in [7, 11) is 1.85. The molecule has 7 nitrogen and oxygen atoms in total. The topological polar surface area (TPSA) is 61.1 Å². The Balaban J connectivity index is 1.26. The van der Waals surface area contributed by atoms with Gasteiger partial charge in [-0.2, -0.15) is 0 Å². The molecule has 1 aliphatic heterocycles. The lowest BCUT2D eigenvalue weighted by Gasteiger charge is -2.36. The third kappa shape index (κ3) is 4.31. The van der Waals surface area contributed by atoms with Gasteiger partial charge in [0.15, 0.2) is 11.6 Å². The Hall–Kier alpha value is -2.93. The Morgan fingerprint density at radius 1 is 1.00 bits per heavy atom. The second-order valence-corrected chi connectivity index (χ2v) is 7.02. The first kappa shape index (κ1) is 18.4. The summed E-state index contributed by atoms with van der Waals surface area (Å²) >= 11 is 0. The maximum absolute atomic E-state index is 4.47. The van der Waals surface area contributed by atoms with Crippen LogP contribution in [0.1, 0.15) is 11.4 Å². The normalized spacial score (nSPS) is 15.9. The smallest absolute Gasteiger partial charge is 0.193 e. The highest BCUT2D eigenvalue weighted by Gasteiger charge is 2.19. The molecule has 146 valence electrons. The molecule has 0 bridgehead atoms. The molecule has 28 heavy (non-hydrogen) atoms. The van der Waals surface area contributed by atoms with Crippen molar-refractivity contribution in [3.8, 4) is 0 Å². The number of benzene rings is 1. The van der Waals surface area contributed by atoms with Gasteiger partial charge in [-0.15, -0.1) is 10.2 Å². The van der Waals surface area contributed by atoms with Gasteiger partial charge in [0, 0.05) is 58.9 Å². The van der Waals surface area contributed by atoms with Gasteiger partial charge in [0.05, 0.1) is 0 Å². The second kappa shape index (κ2) is 8.84. The number of hydrogen-bond acceptors (Lipinski definition) is 4. The maximum atomic E-state index is 4.47. The first-order valence-electron chi connectivity index (χ1n) is 9.84. The van der Waals surface area contributed by atoms with Crippen LogP contribution in [0.3, 0.4) is 0 Å². The van der Waals surface area contributed by atoms with E-state index in [4.69, 9.17) is 0 Å². The number of aromatic nitrogens is 3. The van der Waals surface area contributed by atoms with Crippen molar-refractivity contribution in [1.29, 1.82) is 0 Å². The number of pyridine rings is 1. The van der Waals surface area contributed by atoms with Crippen LogP contribution in [0.2, 0.25) is 0 Å². The lowest BCUT2D eigenvalue weighted by Crippen LogP contribution is -2.52. The predicted octanol–water partition coefficient (Wildman–Crippen LogP) is 1.66. The van der Waals surface area contributed by atoms with Crippen LogP contribution in [0.4, 0.5) is 0 Å². The SMILES string of the molecule is CN=C(NCCc1nnc2ccccn12)N1CCN(Cc2ccccc2)CC1. The summed E-state index contributed by atoms with van der Waals surface area (Å²) in [6.45, 7) is 5.86. The van der Waals surface area contributed by atoms with Gasteiger partial charge >= 0.3 is 0 Å². The Morgan fingerprint density at radius 3 is 2.57 bits per heavy atom. The van der Waals surface area contributed by atoms with Gasteiger partial charge in [-0.3, -0.25) is 14.3 Å². The molecule has 3 heterocycles. The van der Waals surface area contributed by atoms with Gasteiger partial charge in [-0.05, 0) is 17.7 Å². The Kier molecular flexibility index (Phi) is 5.82. The highest BCUT2D eigenvalue weighted by molar-refractivity contribution is 5.80. The van der Waals surface area contributed by atoms with Crippen molar-refractivity contribution < 1.29 is 0 Å². The quantitative estimate of drug-likeness (QED) is 0.541. The molecule has 0 amide bonds. The molecule has 1 saturated heterocycles. The fourth-order valence-electron chi connectivity index (χ4n) is 3.64. The molecule has 0 unspecified atom stereocenters. The van der Waals surface area contributed by atoms with Gasteiger partial charge in [0.1, 0.15) is 5.82 Å². The van der Waals surface area contributed by atoms with E-state index >= 15 is 0 Å². The third-order valence-corrected chi connectivity index (χ3v) is 5.15. The van der Waals surface area contributed by atoms with E-state index in [-0.39, 0.29) is 0 Å². The molecule has 0 spiro atoms. The highest BCUT2D eigenvalue weighted by atomic mass is 15.3. The van der Waals surface area contributed by atoms with E-state index in [2.05, 4.69) is 60.6 Å². The molecule has 1 fully saturated rings. The summed E-state index contributed by atoms with van der Waals surface area (Å²) in [6, 6.07) is 16.6. The summed E-state index contributed by atoms with van der Waals surface area (Å²) in [5.74, 6) is 1.93. The van der Waals surface area contributed by atoms with Gasteiger partial charge in [-0.1, -0.05) is 36.4 Å². The Labute approximate surface area is 165 Å². The molecule has 0 saturated carbocycles. The number of hydrogen-bond donors (Lipinski definition) is 1. The lowest BCUT2D eigenvalue weighted by molar-refractivity contribution is 0.172. The van der Waals surface area contributed by atoms with E-state index < -0.39 is 0 Å². The van der Waals surface area contributed by atoms with E-state index in [9.17, 15) is 0 Å². The molecular formula is C21H27N7. The zero-order valence-corrected chi connectivity index (χ0v) is 16.3. The van der Waals surface area contributed by atoms with Crippen molar-refractivity contribution in [3.05, 3.63) is 66.1 Å². The van der Waals surface area contributed by atoms with Gasteiger partial charge in [0.25, 0.3) is 0 Å². The molecule has 7 heteroatoms. The zero-order chi connectivity index (χ0) is 19.2. The summed E-state index contributed by atoms with van der Waals surface area (Å²) < 4.78 is 2.03.